The van der Waals surface area contributed by atoms with Gasteiger partial charge in [-0.15, -0.1) is 12.4 Å². The molecule has 0 bridgehead atoms. The summed E-state index contributed by atoms with van der Waals surface area (Å²) < 4.78 is 0. The molecule has 5 heteroatoms. The highest BCUT2D eigenvalue weighted by Crippen LogP contribution is 2.48. The summed E-state index contributed by atoms with van der Waals surface area (Å²) in [7, 11) is 1.81. The number of anilines is 2. The topological polar surface area (TPSA) is 54.0 Å². The second kappa shape index (κ2) is 6.14. The monoisotopic (exact) mass is 303 g/mol. The zero-order chi connectivity index (χ0) is 14.0. The molecule has 1 saturated carbocycles. The molecule has 0 spiro atoms. The second-order valence-electron chi connectivity index (χ2n) is 5.08. The Bertz CT molecular complexity index is 609. The van der Waals surface area contributed by atoms with Gasteiger partial charge in [0.2, 0.25) is 5.91 Å². The molecule has 1 fully saturated rings. The van der Waals surface area contributed by atoms with Gasteiger partial charge in [-0.1, -0.05) is 30.3 Å². The van der Waals surface area contributed by atoms with Crippen molar-refractivity contribution in [1.29, 1.82) is 0 Å². The molecule has 0 aliphatic heterocycles. The van der Waals surface area contributed by atoms with Gasteiger partial charge in [-0.3, -0.25) is 4.79 Å². The minimum atomic E-state index is -0.344. The molecule has 2 aromatic rings. The van der Waals surface area contributed by atoms with Crippen LogP contribution in [-0.4, -0.2) is 17.9 Å². The molecule has 0 radical (unpaired) electrons. The van der Waals surface area contributed by atoms with E-state index in [4.69, 9.17) is 0 Å². The van der Waals surface area contributed by atoms with Crippen LogP contribution in [0.15, 0.2) is 48.7 Å². The quantitative estimate of drug-likeness (QED) is 0.912. The van der Waals surface area contributed by atoms with Gasteiger partial charge in [0.25, 0.3) is 0 Å². The van der Waals surface area contributed by atoms with Crippen LogP contribution < -0.4 is 10.6 Å². The highest BCUT2D eigenvalue weighted by molar-refractivity contribution is 6.01. The Labute approximate surface area is 130 Å². The molecule has 0 unspecified atom stereocenters. The van der Waals surface area contributed by atoms with Crippen LogP contribution in [0, 0.1) is 0 Å². The van der Waals surface area contributed by atoms with Crippen molar-refractivity contribution >= 4 is 29.8 Å². The number of hydrogen-bond acceptors (Lipinski definition) is 3. The van der Waals surface area contributed by atoms with Gasteiger partial charge in [0, 0.05) is 7.05 Å². The Balaban J connectivity index is 0.00000161. The Morgan fingerprint density at radius 2 is 1.86 bits per heavy atom. The summed E-state index contributed by atoms with van der Waals surface area (Å²) in [5, 5.41) is 5.92. The summed E-state index contributed by atoms with van der Waals surface area (Å²) in [6.45, 7) is 0. The van der Waals surface area contributed by atoms with Crippen LogP contribution in [0.5, 0.6) is 0 Å². The molecule has 1 heterocycles. The summed E-state index contributed by atoms with van der Waals surface area (Å²) in [6.07, 6.45) is 3.49. The summed E-state index contributed by atoms with van der Waals surface area (Å²) in [6, 6.07) is 13.7. The summed E-state index contributed by atoms with van der Waals surface area (Å²) in [5.74, 6) is 0.843. The smallest absolute Gasteiger partial charge is 0.235 e. The number of pyridine rings is 1. The number of hydrogen-bond donors (Lipinski definition) is 2. The highest BCUT2D eigenvalue weighted by atomic mass is 35.5. The van der Waals surface area contributed by atoms with Crippen molar-refractivity contribution in [2.75, 3.05) is 17.7 Å². The molecule has 21 heavy (non-hydrogen) atoms. The lowest BCUT2D eigenvalue weighted by Crippen LogP contribution is -2.27. The fourth-order valence-corrected chi connectivity index (χ4v) is 2.40. The van der Waals surface area contributed by atoms with Crippen LogP contribution in [0.1, 0.15) is 18.4 Å². The van der Waals surface area contributed by atoms with E-state index in [0.717, 1.165) is 29.9 Å². The molecule has 1 aliphatic rings. The summed E-state index contributed by atoms with van der Waals surface area (Å²) >= 11 is 0. The molecule has 0 atom stereocenters. The number of carbonyl (C=O) groups is 1. The van der Waals surface area contributed by atoms with Crippen LogP contribution >= 0.6 is 12.4 Å². The zero-order valence-corrected chi connectivity index (χ0v) is 12.6. The average molecular weight is 304 g/mol. The van der Waals surface area contributed by atoms with Crippen molar-refractivity contribution in [3.05, 3.63) is 54.2 Å². The molecule has 1 aromatic heterocycles. The van der Waals surface area contributed by atoms with Crippen LogP contribution in [0.25, 0.3) is 0 Å². The number of nitrogens with zero attached hydrogens (tertiary/aromatic N) is 1. The van der Waals surface area contributed by atoms with Crippen molar-refractivity contribution in [2.45, 2.75) is 18.3 Å². The molecule has 3 rings (SSSR count). The Kier molecular flexibility index (Phi) is 4.48. The van der Waals surface area contributed by atoms with Gasteiger partial charge < -0.3 is 10.6 Å². The third-order valence-electron chi connectivity index (χ3n) is 3.79. The van der Waals surface area contributed by atoms with Gasteiger partial charge in [0.1, 0.15) is 5.82 Å². The minimum absolute atomic E-state index is 0. The molecule has 2 N–H and O–H groups in total. The lowest BCUT2D eigenvalue weighted by Gasteiger charge is -2.15. The number of carbonyl (C=O) groups excluding carboxylic acids is 1. The predicted molar refractivity (Wildman–Crippen MR) is 87.0 cm³/mol. The lowest BCUT2D eigenvalue weighted by atomic mass is 9.95. The van der Waals surface area contributed by atoms with E-state index in [9.17, 15) is 4.79 Å². The molecular weight excluding hydrogens is 286 g/mol. The van der Waals surface area contributed by atoms with Crippen LogP contribution in [0.4, 0.5) is 11.5 Å². The Morgan fingerprint density at radius 3 is 2.38 bits per heavy atom. The fourth-order valence-electron chi connectivity index (χ4n) is 2.40. The van der Waals surface area contributed by atoms with E-state index in [1.165, 1.54) is 0 Å². The molecule has 0 saturated heterocycles. The first-order chi connectivity index (χ1) is 9.74. The van der Waals surface area contributed by atoms with Gasteiger partial charge in [-0.25, -0.2) is 4.98 Å². The van der Waals surface area contributed by atoms with Gasteiger partial charge in [0.15, 0.2) is 0 Å². The molecule has 1 aliphatic carbocycles. The maximum absolute atomic E-state index is 12.5. The van der Waals surface area contributed by atoms with E-state index in [1.54, 1.807) is 6.20 Å². The highest BCUT2D eigenvalue weighted by Gasteiger charge is 2.51. The summed E-state index contributed by atoms with van der Waals surface area (Å²) in [4.78, 5) is 16.7. The Morgan fingerprint density at radius 1 is 1.14 bits per heavy atom. The van der Waals surface area contributed by atoms with Crippen molar-refractivity contribution in [3.63, 3.8) is 0 Å². The van der Waals surface area contributed by atoms with E-state index < -0.39 is 0 Å². The average Bonchev–Trinajstić information content (AvgIpc) is 3.31. The molecular formula is C16H18ClN3O. The second-order valence-corrected chi connectivity index (χ2v) is 5.08. The minimum Gasteiger partial charge on any atom is -0.373 e. The number of amides is 1. The standard InChI is InChI=1S/C16H17N3O.ClH/c1-17-14-8-7-13(11-18-14)19-15(20)16(9-10-16)12-5-3-2-4-6-12;/h2-8,11H,9-10H2,1H3,(H,17,18)(H,19,20);1H. The number of halogens is 1. The maximum atomic E-state index is 12.5. The van der Waals surface area contributed by atoms with Crippen molar-refractivity contribution < 1.29 is 4.79 Å². The molecule has 1 aromatic carbocycles. The van der Waals surface area contributed by atoms with Gasteiger partial charge >= 0.3 is 0 Å². The number of aromatic nitrogens is 1. The zero-order valence-electron chi connectivity index (χ0n) is 11.8. The van der Waals surface area contributed by atoms with E-state index in [0.29, 0.717) is 0 Å². The predicted octanol–water partition coefficient (Wildman–Crippen LogP) is 3.22. The van der Waals surface area contributed by atoms with Gasteiger partial charge in [-0.2, -0.15) is 0 Å². The number of benzene rings is 1. The van der Waals surface area contributed by atoms with Crippen LogP contribution in [0.2, 0.25) is 0 Å². The molecule has 1 amide bonds. The van der Waals surface area contributed by atoms with Crippen molar-refractivity contribution in [3.8, 4) is 0 Å². The molecule has 110 valence electrons. The largest absolute Gasteiger partial charge is 0.373 e. The van der Waals surface area contributed by atoms with Gasteiger partial charge in [-0.05, 0) is 30.5 Å². The lowest BCUT2D eigenvalue weighted by molar-refractivity contribution is -0.118. The Hall–Kier alpha value is -2.07. The first-order valence-electron chi connectivity index (χ1n) is 6.75. The van der Waals surface area contributed by atoms with Gasteiger partial charge in [0.05, 0.1) is 17.3 Å². The third kappa shape index (κ3) is 3.00. The first-order valence-corrected chi connectivity index (χ1v) is 6.75. The van der Waals surface area contributed by atoms with E-state index in [1.807, 2.05) is 49.5 Å². The van der Waals surface area contributed by atoms with E-state index in [-0.39, 0.29) is 23.7 Å². The van der Waals surface area contributed by atoms with Crippen LogP contribution in [0.3, 0.4) is 0 Å². The maximum Gasteiger partial charge on any atom is 0.235 e. The fraction of sp³-hybridized carbons (Fsp3) is 0.250. The normalized spacial score (nSPS) is 14.7. The molecule has 4 nitrogen and oxygen atoms in total. The first kappa shape index (κ1) is 15.3. The number of nitrogens with one attached hydrogen (secondary N) is 2. The van der Waals surface area contributed by atoms with Crippen molar-refractivity contribution in [1.82, 2.24) is 4.98 Å². The SMILES string of the molecule is CNc1ccc(NC(=O)C2(c3ccccc3)CC2)cn1.Cl. The van der Waals surface area contributed by atoms with E-state index in [2.05, 4.69) is 15.6 Å². The summed E-state index contributed by atoms with van der Waals surface area (Å²) in [5.41, 5.74) is 1.48. The number of rotatable bonds is 4. The van der Waals surface area contributed by atoms with Crippen molar-refractivity contribution in [2.24, 2.45) is 0 Å². The van der Waals surface area contributed by atoms with Crippen LogP contribution in [-0.2, 0) is 10.2 Å². The van der Waals surface area contributed by atoms with E-state index >= 15 is 0 Å². The third-order valence-corrected chi connectivity index (χ3v) is 3.79.